The molecule has 0 atom stereocenters. The van der Waals surface area contributed by atoms with Crippen LogP contribution in [0.5, 0.6) is 0 Å². The van der Waals surface area contributed by atoms with E-state index in [0.29, 0.717) is 5.13 Å². The monoisotopic (exact) mass is 300 g/mol. The predicted molar refractivity (Wildman–Crippen MR) is 80.0 cm³/mol. The zero-order chi connectivity index (χ0) is 15.6. The summed E-state index contributed by atoms with van der Waals surface area (Å²) in [5, 5.41) is 11.9. The van der Waals surface area contributed by atoms with Crippen molar-refractivity contribution >= 4 is 35.1 Å². The molecule has 0 spiro atoms. The molecule has 20 heavy (non-hydrogen) atoms. The van der Waals surface area contributed by atoms with Gasteiger partial charge in [0.2, 0.25) is 0 Å². The van der Waals surface area contributed by atoms with E-state index in [2.05, 4.69) is 17.2 Å². The highest BCUT2D eigenvalue weighted by Crippen LogP contribution is 2.18. The van der Waals surface area contributed by atoms with E-state index in [1.807, 2.05) is 38.3 Å². The quantitative estimate of drug-likeness (QED) is 0.832. The molecule has 0 aromatic carbocycles. The van der Waals surface area contributed by atoms with Gasteiger partial charge in [0.1, 0.15) is 5.60 Å². The third-order valence-corrected chi connectivity index (χ3v) is 2.43. The summed E-state index contributed by atoms with van der Waals surface area (Å²) in [5.74, 6) is 0. The van der Waals surface area contributed by atoms with E-state index in [4.69, 9.17) is 14.6 Å². The largest absolute Gasteiger partial charge is 0.483 e. The Kier molecular flexibility index (Phi) is 8.23. The summed E-state index contributed by atoms with van der Waals surface area (Å²) in [6.45, 7) is 7.28. The number of nitrogens with one attached hydrogen (secondary N) is 1. The molecule has 1 aromatic rings. The molecule has 0 saturated carbocycles. The lowest BCUT2D eigenvalue weighted by Gasteiger charge is -2.18. The molecule has 0 radical (unpaired) electrons. The summed E-state index contributed by atoms with van der Waals surface area (Å²) in [6, 6.07) is 0. The molecule has 1 rings (SSSR count). The minimum absolute atomic E-state index is 0.250. The van der Waals surface area contributed by atoms with Gasteiger partial charge in [0.15, 0.2) is 5.13 Å². The summed E-state index contributed by atoms with van der Waals surface area (Å²) in [5.41, 5.74) is 0.356. The molecule has 0 aliphatic rings. The van der Waals surface area contributed by atoms with Crippen LogP contribution in [-0.4, -0.2) is 28.3 Å². The van der Waals surface area contributed by atoms with Gasteiger partial charge in [0.05, 0.1) is 5.69 Å². The molecular formula is C13H20N2O4S. The van der Waals surface area contributed by atoms with Crippen LogP contribution < -0.4 is 5.32 Å². The van der Waals surface area contributed by atoms with E-state index in [-0.39, 0.29) is 6.47 Å². The molecule has 0 fully saturated rings. The zero-order valence-electron chi connectivity index (χ0n) is 12.0. The highest BCUT2D eigenvalue weighted by Gasteiger charge is 2.16. The third-order valence-electron chi connectivity index (χ3n) is 1.65. The first-order valence-electron chi connectivity index (χ1n) is 6.02. The molecule has 1 aromatic heterocycles. The van der Waals surface area contributed by atoms with Gasteiger partial charge in [-0.25, -0.2) is 9.78 Å². The summed E-state index contributed by atoms with van der Waals surface area (Å²) in [6.07, 6.45) is 4.44. The summed E-state index contributed by atoms with van der Waals surface area (Å²) in [7, 11) is 0. The van der Waals surface area contributed by atoms with Gasteiger partial charge in [-0.1, -0.05) is 13.0 Å². The highest BCUT2D eigenvalue weighted by molar-refractivity contribution is 7.14. The molecule has 0 aliphatic carbocycles. The van der Waals surface area contributed by atoms with Crippen LogP contribution in [-0.2, 0) is 9.53 Å². The summed E-state index contributed by atoms with van der Waals surface area (Å²) >= 11 is 1.38. The van der Waals surface area contributed by atoms with Gasteiger partial charge in [-0.05, 0) is 33.3 Å². The number of carbonyl (C=O) groups excluding carboxylic acids is 1. The van der Waals surface area contributed by atoms with Crippen molar-refractivity contribution in [1.82, 2.24) is 4.98 Å². The maximum absolute atomic E-state index is 11.5. The van der Waals surface area contributed by atoms with Crippen molar-refractivity contribution < 1.29 is 19.4 Å². The molecule has 1 heterocycles. The lowest BCUT2D eigenvalue weighted by Crippen LogP contribution is -2.27. The third kappa shape index (κ3) is 9.09. The number of aromatic nitrogens is 1. The molecule has 112 valence electrons. The molecule has 7 heteroatoms. The second-order valence-corrected chi connectivity index (χ2v) is 5.48. The number of rotatable bonds is 3. The van der Waals surface area contributed by atoms with Gasteiger partial charge in [-0.15, -0.1) is 11.3 Å². The Bertz CT molecular complexity index is 449. The first-order chi connectivity index (χ1) is 9.32. The lowest BCUT2D eigenvalue weighted by molar-refractivity contribution is -0.122. The summed E-state index contributed by atoms with van der Waals surface area (Å²) < 4.78 is 5.13. The Morgan fingerprint density at radius 2 is 2.15 bits per heavy atom. The van der Waals surface area contributed by atoms with Gasteiger partial charge in [0.25, 0.3) is 6.47 Å². The number of ether oxygens (including phenoxy) is 1. The van der Waals surface area contributed by atoms with Crippen LogP contribution in [0.15, 0.2) is 11.5 Å². The van der Waals surface area contributed by atoms with Gasteiger partial charge in [-0.3, -0.25) is 10.1 Å². The number of anilines is 1. The van der Waals surface area contributed by atoms with Crippen molar-refractivity contribution in [2.45, 2.75) is 39.7 Å². The number of hydrogen-bond acceptors (Lipinski definition) is 5. The number of allylic oxidation sites excluding steroid dienone is 1. The lowest BCUT2D eigenvalue weighted by atomic mass is 10.2. The standard InChI is InChI=1S/C12H18N2O2S.CH2O2/c1-5-6-7-9-8-17-10(13-9)14-11(15)16-12(2,3)4;2-1-3/h6-8H,5H2,1-4H3,(H,13,14,15);1H,(H,2,3)/b7-6+;. The van der Waals surface area contributed by atoms with Crippen molar-refractivity contribution in [3.8, 4) is 0 Å². The topological polar surface area (TPSA) is 88.5 Å². The fourth-order valence-electron chi connectivity index (χ4n) is 1.05. The number of nitrogens with zero attached hydrogens (tertiary/aromatic N) is 1. The number of thiazole rings is 1. The molecule has 2 N–H and O–H groups in total. The summed E-state index contributed by atoms with van der Waals surface area (Å²) in [4.78, 5) is 24.1. The van der Waals surface area contributed by atoms with Crippen molar-refractivity contribution in [3.05, 3.63) is 17.2 Å². The second-order valence-electron chi connectivity index (χ2n) is 4.62. The fourth-order valence-corrected chi connectivity index (χ4v) is 1.71. The Morgan fingerprint density at radius 1 is 1.55 bits per heavy atom. The van der Waals surface area contributed by atoms with Gasteiger partial charge in [0, 0.05) is 5.38 Å². The number of hydrogen-bond donors (Lipinski definition) is 2. The molecule has 0 unspecified atom stereocenters. The van der Waals surface area contributed by atoms with Gasteiger partial charge < -0.3 is 9.84 Å². The average molecular weight is 300 g/mol. The first-order valence-corrected chi connectivity index (χ1v) is 6.90. The molecule has 1 amide bonds. The number of amides is 1. The molecule has 0 bridgehead atoms. The Labute approximate surface area is 122 Å². The minimum atomic E-state index is -0.494. The van der Waals surface area contributed by atoms with Crippen molar-refractivity contribution in [2.24, 2.45) is 0 Å². The normalized spacial score (nSPS) is 10.6. The van der Waals surface area contributed by atoms with Crippen LogP contribution in [0.2, 0.25) is 0 Å². The van der Waals surface area contributed by atoms with Crippen molar-refractivity contribution in [1.29, 1.82) is 0 Å². The smallest absolute Gasteiger partial charge is 0.413 e. The van der Waals surface area contributed by atoms with E-state index in [1.54, 1.807) is 0 Å². The van der Waals surface area contributed by atoms with Crippen molar-refractivity contribution in [2.75, 3.05) is 5.32 Å². The van der Waals surface area contributed by atoms with Gasteiger partial charge >= 0.3 is 6.09 Å². The number of carbonyl (C=O) groups is 2. The van der Waals surface area contributed by atoms with E-state index >= 15 is 0 Å². The zero-order valence-corrected chi connectivity index (χ0v) is 12.9. The van der Waals surface area contributed by atoms with Crippen LogP contribution >= 0.6 is 11.3 Å². The fraction of sp³-hybridized carbons (Fsp3) is 0.462. The maximum Gasteiger partial charge on any atom is 0.413 e. The van der Waals surface area contributed by atoms with E-state index in [9.17, 15) is 4.79 Å². The Hall–Kier alpha value is -1.89. The Balaban J connectivity index is 0.00000110. The number of carboxylic acid groups (broad SMARTS) is 1. The highest BCUT2D eigenvalue weighted by atomic mass is 32.1. The van der Waals surface area contributed by atoms with Crippen LogP contribution in [0, 0.1) is 0 Å². The molecule has 0 saturated heterocycles. The Morgan fingerprint density at radius 3 is 2.65 bits per heavy atom. The van der Waals surface area contributed by atoms with Crippen LogP contribution in [0.25, 0.3) is 6.08 Å². The van der Waals surface area contributed by atoms with E-state index in [0.717, 1.165) is 12.1 Å². The minimum Gasteiger partial charge on any atom is -0.483 e. The second kappa shape index (κ2) is 9.08. The van der Waals surface area contributed by atoms with E-state index < -0.39 is 11.7 Å². The molecule has 0 aliphatic heterocycles. The van der Waals surface area contributed by atoms with Crippen LogP contribution in [0.4, 0.5) is 9.93 Å². The maximum atomic E-state index is 11.5. The molecular weight excluding hydrogens is 280 g/mol. The first kappa shape index (κ1) is 18.1. The van der Waals surface area contributed by atoms with E-state index in [1.165, 1.54) is 11.3 Å². The average Bonchev–Trinajstić information content (AvgIpc) is 2.72. The van der Waals surface area contributed by atoms with Crippen molar-refractivity contribution in [3.63, 3.8) is 0 Å². The van der Waals surface area contributed by atoms with Crippen LogP contribution in [0.1, 0.15) is 39.8 Å². The predicted octanol–water partition coefficient (Wildman–Crippen LogP) is 3.61. The SMILES string of the molecule is CC/C=C/c1csc(NC(=O)OC(C)(C)C)n1.O=CO. The molecule has 6 nitrogen and oxygen atoms in total. The van der Waals surface area contributed by atoms with Crippen LogP contribution in [0.3, 0.4) is 0 Å². The van der Waals surface area contributed by atoms with Gasteiger partial charge in [-0.2, -0.15) is 0 Å².